The molecule has 2 N–H and O–H groups in total. The van der Waals surface area contributed by atoms with Crippen LogP contribution in [0.1, 0.15) is 43.0 Å². The van der Waals surface area contributed by atoms with Crippen LogP contribution in [0.4, 0.5) is 0 Å². The molecular formula is C11H18N4O3. The molecular weight excluding hydrogens is 236 g/mol. The van der Waals surface area contributed by atoms with Crippen molar-refractivity contribution >= 4 is 11.9 Å². The summed E-state index contributed by atoms with van der Waals surface area (Å²) < 4.78 is 1.32. The van der Waals surface area contributed by atoms with Crippen molar-refractivity contribution in [3.8, 4) is 0 Å². The van der Waals surface area contributed by atoms with Gasteiger partial charge in [0.2, 0.25) is 5.91 Å². The Labute approximate surface area is 105 Å². The zero-order valence-corrected chi connectivity index (χ0v) is 11.0. The van der Waals surface area contributed by atoms with Crippen molar-refractivity contribution < 1.29 is 14.7 Å². The highest BCUT2D eigenvalue weighted by Crippen LogP contribution is 2.11. The Morgan fingerprint density at radius 1 is 1.39 bits per heavy atom. The van der Waals surface area contributed by atoms with E-state index in [1.54, 1.807) is 13.8 Å². The number of nitrogens with one attached hydrogen (secondary N) is 1. The van der Waals surface area contributed by atoms with Gasteiger partial charge in [0.15, 0.2) is 5.69 Å². The second-order valence-electron chi connectivity index (χ2n) is 4.59. The molecule has 7 nitrogen and oxygen atoms in total. The molecule has 18 heavy (non-hydrogen) atoms. The standard InChI is InChI=1S/C11H18N4O3/c1-6(2)5-12-10(16)8(4)15-7(3)9(11(17)18)13-14-15/h6,8H,5H2,1-4H3,(H,12,16)(H,17,18). The van der Waals surface area contributed by atoms with Gasteiger partial charge in [-0.25, -0.2) is 9.48 Å². The predicted molar refractivity (Wildman–Crippen MR) is 64.3 cm³/mol. The Morgan fingerprint density at radius 3 is 2.44 bits per heavy atom. The Bertz CT molecular complexity index is 453. The summed E-state index contributed by atoms with van der Waals surface area (Å²) in [6.07, 6.45) is 0. The van der Waals surface area contributed by atoms with Gasteiger partial charge in [0.25, 0.3) is 0 Å². The van der Waals surface area contributed by atoms with E-state index in [-0.39, 0.29) is 11.6 Å². The number of amides is 1. The van der Waals surface area contributed by atoms with Gasteiger partial charge < -0.3 is 10.4 Å². The van der Waals surface area contributed by atoms with Gasteiger partial charge in [-0.15, -0.1) is 5.10 Å². The zero-order valence-electron chi connectivity index (χ0n) is 11.0. The first-order chi connectivity index (χ1) is 8.34. The predicted octanol–water partition coefficient (Wildman–Crippen LogP) is 0.618. The van der Waals surface area contributed by atoms with Gasteiger partial charge in [0, 0.05) is 6.54 Å². The maximum Gasteiger partial charge on any atom is 0.358 e. The summed E-state index contributed by atoms with van der Waals surface area (Å²) in [5.41, 5.74) is 0.244. The summed E-state index contributed by atoms with van der Waals surface area (Å²) in [7, 11) is 0. The van der Waals surface area contributed by atoms with Gasteiger partial charge in [-0.2, -0.15) is 0 Å². The summed E-state index contributed by atoms with van der Waals surface area (Å²) in [5.74, 6) is -0.991. The molecule has 1 heterocycles. The molecule has 1 aromatic rings. The van der Waals surface area contributed by atoms with Crippen molar-refractivity contribution in [3.05, 3.63) is 11.4 Å². The minimum absolute atomic E-state index is 0.126. The number of nitrogens with zero attached hydrogens (tertiary/aromatic N) is 3. The number of carbonyl (C=O) groups excluding carboxylic acids is 1. The van der Waals surface area contributed by atoms with Crippen LogP contribution in [0.15, 0.2) is 0 Å². The van der Waals surface area contributed by atoms with E-state index in [4.69, 9.17) is 5.11 Å². The van der Waals surface area contributed by atoms with Crippen LogP contribution in [0.2, 0.25) is 0 Å². The van der Waals surface area contributed by atoms with E-state index in [1.165, 1.54) is 4.68 Å². The number of rotatable bonds is 5. The number of aromatic carboxylic acids is 1. The van der Waals surface area contributed by atoms with Crippen molar-refractivity contribution in [1.29, 1.82) is 0 Å². The maximum atomic E-state index is 11.8. The van der Waals surface area contributed by atoms with Crippen LogP contribution >= 0.6 is 0 Å². The van der Waals surface area contributed by atoms with Crippen molar-refractivity contribution in [1.82, 2.24) is 20.3 Å². The minimum atomic E-state index is -1.14. The molecule has 0 saturated carbocycles. The maximum absolute atomic E-state index is 11.8. The lowest BCUT2D eigenvalue weighted by Gasteiger charge is -2.14. The van der Waals surface area contributed by atoms with E-state index < -0.39 is 12.0 Å². The molecule has 0 aliphatic rings. The summed E-state index contributed by atoms with van der Waals surface area (Å²) >= 11 is 0. The molecule has 0 aliphatic carbocycles. The first kappa shape index (κ1) is 14.1. The molecule has 0 saturated heterocycles. The van der Waals surface area contributed by atoms with Crippen molar-refractivity contribution in [2.45, 2.75) is 33.7 Å². The van der Waals surface area contributed by atoms with Crippen LogP contribution in [0.3, 0.4) is 0 Å². The minimum Gasteiger partial charge on any atom is -0.476 e. The van der Waals surface area contributed by atoms with E-state index in [0.29, 0.717) is 18.2 Å². The van der Waals surface area contributed by atoms with Gasteiger partial charge in [0.05, 0.1) is 5.69 Å². The van der Waals surface area contributed by atoms with Crippen molar-refractivity contribution in [2.75, 3.05) is 6.54 Å². The van der Waals surface area contributed by atoms with Crippen molar-refractivity contribution in [2.24, 2.45) is 5.92 Å². The number of carbonyl (C=O) groups is 2. The Kier molecular flexibility index (Phi) is 4.41. The van der Waals surface area contributed by atoms with E-state index >= 15 is 0 Å². The fourth-order valence-electron chi connectivity index (χ4n) is 1.47. The van der Waals surface area contributed by atoms with Crippen LogP contribution in [0, 0.1) is 12.8 Å². The topological polar surface area (TPSA) is 97.1 Å². The zero-order chi connectivity index (χ0) is 13.9. The quantitative estimate of drug-likeness (QED) is 0.802. The van der Waals surface area contributed by atoms with Crippen LogP contribution in [0.25, 0.3) is 0 Å². The smallest absolute Gasteiger partial charge is 0.358 e. The fraction of sp³-hybridized carbons (Fsp3) is 0.636. The molecule has 100 valence electrons. The van der Waals surface area contributed by atoms with Crippen LogP contribution in [-0.2, 0) is 4.79 Å². The highest BCUT2D eigenvalue weighted by Gasteiger charge is 2.22. The molecule has 0 fully saturated rings. The largest absolute Gasteiger partial charge is 0.476 e. The summed E-state index contributed by atoms with van der Waals surface area (Å²) in [5, 5.41) is 18.9. The SMILES string of the molecule is Cc1c(C(=O)O)nnn1C(C)C(=O)NCC(C)C. The highest BCUT2D eigenvalue weighted by molar-refractivity contribution is 5.86. The average molecular weight is 254 g/mol. The van der Waals surface area contributed by atoms with Crippen LogP contribution in [0.5, 0.6) is 0 Å². The second kappa shape index (κ2) is 5.61. The van der Waals surface area contributed by atoms with Gasteiger partial charge in [-0.1, -0.05) is 19.1 Å². The first-order valence-corrected chi connectivity index (χ1v) is 5.77. The second-order valence-corrected chi connectivity index (χ2v) is 4.59. The summed E-state index contributed by atoms with van der Waals surface area (Å²) in [6.45, 7) is 7.80. The van der Waals surface area contributed by atoms with E-state index in [9.17, 15) is 9.59 Å². The van der Waals surface area contributed by atoms with E-state index in [2.05, 4.69) is 15.6 Å². The average Bonchev–Trinajstić information content (AvgIpc) is 2.66. The lowest BCUT2D eigenvalue weighted by Crippen LogP contribution is -2.34. The normalized spacial score (nSPS) is 12.5. The molecule has 1 amide bonds. The van der Waals surface area contributed by atoms with Gasteiger partial charge >= 0.3 is 5.97 Å². The Hall–Kier alpha value is -1.92. The molecule has 0 bridgehead atoms. The molecule has 1 unspecified atom stereocenters. The van der Waals surface area contributed by atoms with Gasteiger partial charge in [-0.3, -0.25) is 4.79 Å². The third-order valence-electron chi connectivity index (χ3n) is 2.56. The molecule has 0 radical (unpaired) electrons. The number of hydrogen-bond donors (Lipinski definition) is 2. The molecule has 1 atom stereocenters. The highest BCUT2D eigenvalue weighted by atomic mass is 16.4. The fourth-order valence-corrected chi connectivity index (χ4v) is 1.47. The molecule has 7 heteroatoms. The number of hydrogen-bond acceptors (Lipinski definition) is 4. The molecule has 0 spiro atoms. The first-order valence-electron chi connectivity index (χ1n) is 5.77. The van der Waals surface area contributed by atoms with Crippen LogP contribution < -0.4 is 5.32 Å². The third-order valence-corrected chi connectivity index (χ3v) is 2.56. The Morgan fingerprint density at radius 2 is 2.00 bits per heavy atom. The Balaban J connectivity index is 2.81. The third kappa shape index (κ3) is 3.06. The monoisotopic (exact) mass is 254 g/mol. The molecule has 1 aromatic heterocycles. The number of carboxylic acids is 1. The summed E-state index contributed by atoms with van der Waals surface area (Å²) in [6, 6.07) is -0.579. The van der Waals surface area contributed by atoms with E-state index in [0.717, 1.165) is 0 Å². The lowest BCUT2D eigenvalue weighted by atomic mass is 10.2. The molecule has 0 aliphatic heterocycles. The van der Waals surface area contributed by atoms with E-state index in [1.807, 2.05) is 13.8 Å². The number of carboxylic acid groups (broad SMARTS) is 1. The number of aromatic nitrogens is 3. The van der Waals surface area contributed by atoms with Gasteiger partial charge in [0.1, 0.15) is 6.04 Å². The summed E-state index contributed by atoms with van der Waals surface area (Å²) in [4.78, 5) is 22.7. The van der Waals surface area contributed by atoms with Gasteiger partial charge in [-0.05, 0) is 19.8 Å². The van der Waals surface area contributed by atoms with Crippen molar-refractivity contribution in [3.63, 3.8) is 0 Å². The van der Waals surface area contributed by atoms with Crippen LogP contribution in [-0.4, -0.2) is 38.5 Å². The molecule has 1 rings (SSSR count). The lowest BCUT2D eigenvalue weighted by molar-refractivity contribution is -0.124. The molecule has 0 aromatic carbocycles.